The lowest BCUT2D eigenvalue weighted by molar-refractivity contribution is 1.14. The molecular formula is C9H9ClN2S. The van der Waals surface area contributed by atoms with Gasteiger partial charge in [0.1, 0.15) is 0 Å². The number of hydrogen-bond donors (Lipinski definition) is 1. The Morgan fingerprint density at radius 1 is 1.62 bits per heavy atom. The lowest BCUT2D eigenvalue weighted by Gasteiger charge is -1.97. The summed E-state index contributed by atoms with van der Waals surface area (Å²) in [7, 11) is 0. The van der Waals surface area contributed by atoms with Crippen LogP contribution < -0.4 is 0 Å². The molecule has 2 rings (SSSR count). The van der Waals surface area contributed by atoms with Gasteiger partial charge in [-0.2, -0.15) is 12.6 Å². The first-order valence-electron chi connectivity index (χ1n) is 3.96. The van der Waals surface area contributed by atoms with Gasteiger partial charge in [0.25, 0.3) is 0 Å². The Bertz CT molecular complexity index is 450. The maximum Gasteiger partial charge on any atom is 0.207 e. The highest BCUT2D eigenvalue weighted by Crippen LogP contribution is 2.19. The van der Waals surface area contributed by atoms with E-state index < -0.39 is 0 Å². The summed E-state index contributed by atoms with van der Waals surface area (Å²) >= 11 is 10.1. The molecule has 0 aromatic carbocycles. The average molecular weight is 213 g/mol. The third-order valence-electron chi connectivity index (χ3n) is 1.98. The van der Waals surface area contributed by atoms with Crippen LogP contribution in [0.3, 0.4) is 0 Å². The van der Waals surface area contributed by atoms with E-state index in [9.17, 15) is 0 Å². The lowest BCUT2D eigenvalue weighted by Crippen LogP contribution is -1.85. The fraction of sp³-hybridized carbons (Fsp3) is 0.222. The van der Waals surface area contributed by atoms with Crippen LogP contribution in [0.25, 0.3) is 5.52 Å². The summed E-state index contributed by atoms with van der Waals surface area (Å²) in [5, 5.41) is 0.499. The molecule has 2 heterocycles. The molecule has 0 fully saturated rings. The Morgan fingerprint density at radius 2 is 2.38 bits per heavy atom. The van der Waals surface area contributed by atoms with Gasteiger partial charge in [0.05, 0.1) is 11.2 Å². The van der Waals surface area contributed by atoms with Crippen molar-refractivity contribution in [2.75, 3.05) is 0 Å². The Hall–Kier alpha value is -0.670. The van der Waals surface area contributed by atoms with Crippen molar-refractivity contribution in [3.63, 3.8) is 0 Å². The minimum atomic E-state index is 0.499. The highest BCUT2D eigenvalue weighted by atomic mass is 35.5. The molecule has 0 aliphatic rings. The molecule has 0 unspecified atom stereocenters. The summed E-state index contributed by atoms with van der Waals surface area (Å²) in [6.07, 6.45) is 1.92. The van der Waals surface area contributed by atoms with Crippen molar-refractivity contribution in [2.45, 2.75) is 12.7 Å². The van der Waals surface area contributed by atoms with Crippen LogP contribution in [0.4, 0.5) is 0 Å². The number of imidazole rings is 1. The molecule has 0 aliphatic carbocycles. The molecule has 2 aromatic rings. The molecule has 0 aliphatic heterocycles. The van der Waals surface area contributed by atoms with Gasteiger partial charge in [0.2, 0.25) is 5.28 Å². The molecule has 0 amide bonds. The molecule has 2 aromatic heterocycles. The summed E-state index contributed by atoms with van der Waals surface area (Å²) in [5.74, 6) is 0.611. The van der Waals surface area contributed by atoms with Crippen molar-refractivity contribution in [2.24, 2.45) is 0 Å². The van der Waals surface area contributed by atoms with Gasteiger partial charge >= 0.3 is 0 Å². The van der Waals surface area contributed by atoms with Gasteiger partial charge in [0.15, 0.2) is 0 Å². The van der Waals surface area contributed by atoms with Crippen molar-refractivity contribution in [3.8, 4) is 0 Å². The number of halogens is 1. The standard InChI is InChI=1S/C9H9ClN2S/c1-6-2-3-12-8(4-6)7(5-13)11-9(12)10/h2-4,13H,5H2,1H3. The van der Waals surface area contributed by atoms with Gasteiger partial charge in [-0.1, -0.05) is 0 Å². The van der Waals surface area contributed by atoms with E-state index in [-0.39, 0.29) is 0 Å². The number of aryl methyl sites for hydroxylation is 1. The highest BCUT2D eigenvalue weighted by Gasteiger charge is 2.06. The molecule has 68 valence electrons. The SMILES string of the molecule is Cc1ccn2c(Cl)nc(CS)c2c1. The van der Waals surface area contributed by atoms with Crippen LogP contribution >= 0.6 is 24.2 Å². The number of hydrogen-bond acceptors (Lipinski definition) is 2. The summed E-state index contributed by atoms with van der Waals surface area (Å²) in [6.45, 7) is 2.04. The molecular weight excluding hydrogens is 204 g/mol. The molecule has 2 nitrogen and oxygen atoms in total. The summed E-state index contributed by atoms with van der Waals surface area (Å²) in [4.78, 5) is 4.20. The van der Waals surface area contributed by atoms with Gasteiger partial charge in [-0.3, -0.25) is 4.40 Å². The first-order valence-corrected chi connectivity index (χ1v) is 4.97. The van der Waals surface area contributed by atoms with Crippen LogP contribution in [-0.4, -0.2) is 9.38 Å². The van der Waals surface area contributed by atoms with Crippen molar-refractivity contribution < 1.29 is 0 Å². The predicted molar refractivity (Wildman–Crippen MR) is 57.6 cm³/mol. The highest BCUT2D eigenvalue weighted by molar-refractivity contribution is 7.79. The van der Waals surface area contributed by atoms with E-state index in [0.29, 0.717) is 11.0 Å². The zero-order valence-corrected chi connectivity index (χ0v) is 8.81. The smallest absolute Gasteiger partial charge is 0.207 e. The van der Waals surface area contributed by atoms with Crippen LogP contribution in [0.15, 0.2) is 18.3 Å². The largest absolute Gasteiger partial charge is 0.290 e. The predicted octanol–water partition coefficient (Wildman–Crippen LogP) is 2.73. The molecule has 13 heavy (non-hydrogen) atoms. The van der Waals surface area contributed by atoms with Crippen LogP contribution in [0.5, 0.6) is 0 Å². The van der Waals surface area contributed by atoms with E-state index in [1.807, 2.05) is 23.6 Å². The monoisotopic (exact) mass is 212 g/mol. The van der Waals surface area contributed by atoms with E-state index in [2.05, 4.69) is 23.7 Å². The second-order valence-electron chi connectivity index (χ2n) is 2.94. The lowest BCUT2D eigenvalue weighted by atomic mass is 10.2. The van der Waals surface area contributed by atoms with E-state index in [0.717, 1.165) is 11.2 Å². The first-order chi connectivity index (χ1) is 6.22. The fourth-order valence-electron chi connectivity index (χ4n) is 1.33. The fourth-order valence-corrected chi connectivity index (χ4v) is 1.81. The molecule has 0 spiro atoms. The Kier molecular flexibility index (Phi) is 2.22. The molecule has 0 radical (unpaired) electrons. The van der Waals surface area contributed by atoms with Crippen LogP contribution in [0, 0.1) is 6.92 Å². The number of fused-ring (bicyclic) bond motifs is 1. The van der Waals surface area contributed by atoms with Crippen LogP contribution in [-0.2, 0) is 5.75 Å². The third-order valence-corrected chi connectivity index (χ3v) is 2.55. The Morgan fingerprint density at radius 3 is 3.08 bits per heavy atom. The second-order valence-corrected chi connectivity index (χ2v) is 3.60. The van der Waals surface area contributed by atoms with Crippen molar-refractivity contribution >= 4 is 29.7 Å². The molecule has 0 bridgehead atoms. The molecule has 0 N–H and O–H groups in total. The number of thiol groups is 1. The summed E-state index contributed by atoms with van der Waals surface area (Å²) in [5.41, 5.74) is 3.17. The second kappa shape index (κ2) is 3.24. The van der Waals surface area contributed by atoms with Crippen LogP contribution in [0.1, 0.15) is 11.3 Å². The zero-order chi connectivity index (χ0) is 9.42. The minimum Gasteiger partial charge on any atom is -0.290 e. The number of nitrogens with zero attached hydrogens (tertiary/aromatic N) is 2. The molecule has 0 saturated carbocycles. The molecule has 0 saturated heterocycles. The maximum absolute atomic E-state index is 5.93. The molecule has 4 heteroatoms. The van der Waals surface area contributed by atoms with E-state index in [4.69, 9.17) is 11.6 Å². The molecule has 0 atom stereocenters. The number of rotatable bonds is 1. The van der Waals surface area contributed by atoms with Crippen molar-refractivity contribution in [1.29, 1.82) is 0 Å². The van der Waals surface area contributed by atoms with Crippen molar-refractivity contribution in [3.05, 3.63) is 34.9 Å². The van der Waals surface area contributed by atoms with Gasteiger partial charge < -0.3 is 0 Å². The van der Waals surface area contributed by atoms with E-state index in [1.54, 1.807) is 0 Å². The average Bonchev–Trinajstić information content (AvgIpc) is 2.42. The van der Waals surface area contributed by atoms with Gasteiger partial charge in [-0.25, -0.2) is 4.98 Å². The first kappa shape index (κ1) is 8.91. The van der Waals surface area contributed by atoms with Gasteiger partial charge in [0, 0.05) is 11.9 Å². The van der Waals surface area contributed by atoms with E-state index >= 15 is 0 Å². The summed E-state index contributed by atoms with van der Waals surface area (Å²) in [6, 6.07) is 4.06. The Balaban J connectivity index is 2.81. The van der Waals surface area contributed by atoms with Gasteiger partial charge in [-0.05, 0) is 36.2 Å². The zero-order valence-electron chi connectivity index (χ0n) is 7.16. The Labute approximate surface area is 87.0 Å². The third kappa shape index (κ3) is 1.42. The number of pyridine rings is 1. The van der Waals surface area contributed by atoms with Crippen molar-refractivity contribution in [1.82, 2.24) is 9.38 Å². The minimum absolute atomic E-state index is 0.499. The van der Waals surface area contributed by atoms with Crippen LogP contribution in [0.2, 0.25) is 5.28 Å². The van der Waals surface area contributed by atoms with Gasteiger partial charge in [-0.15, -0.1) is 0 Å². The number of aromatic nitrogens is 2. The topological polar surface area (TPSA) is 17.3 Å². The normalized spacial score (nSPS) is 11.0. The maximum atomic E-state index is 5.93. The van der Waals surface area contributed by atoms with E-state index in [1.165, 1.54) is 5.56 Å². The quantitative estimate of drug-likeness (QED) is 0.720. The summed E-state index contributed by atoms with van der Waals surface area (Å²) < 4.78 is 1.86.